The molecule has 0 aliphatic rings. The van der Waals surface area contributed by atoms with Crippen LogP contribution in [0.25, 0.3) is 0 Å². The van der Waals surface area contributed by atoms with E-state index < -0.39 is 0 Å². The average Bonchev–Trinajstić information content (AvgIpc) is 2.72. The van der Waals surface area contributed by atoms with E-state index in [0.717, 1.165) is 18.5 Å². The van der Waals surface area contributed by atoms with E-state index in [-0.39, 0.29) is 17.4 Å². The van der Waals surface area contributed by atoms with E-state index in [9.17, 15) is 9.59 Å². The number of hydrogen-bond acceptors (Lipinski definition) is 5. The molecule has 3 rings (SSSR count). The van der Waals surface area contributed by atoms with Gasteiger partial charge in [0.15, 0.2) is 17.3 Å². The van der Waals surface area contributed by atoms with E-state index >= 15 is 0 Å². The lowest BCUT2D eigenvalue weighted by atomic mass is 10.1. The molecule has 0 atom stereocenters. The highest BCUT2D eigenvalue weighted by Gasteiger charge is 2.08. The van der Waals surface area contributed by atoms with Gasteiger partial charge in [0.05, 0.1) is 0 Å². The molecule has 1 aromatic heterocycles. The number of hydrogen-bond donors (Lipinski definition) is 2. The Bertz CT molecular complexity index is 940. The Balaban J connectivity index is 1.50. The molecular formula is C22H22N4O2. The molecule has 2 aromatic carbocycles. The maximum absolute atomic E-state index is 12.2. The van der Waals surface area contributed by atoms with Crippen LogP contribution in [0.5, 0.6) is 0 Å². The Labute approximate surface area is 164 Å². The second kappa shape index (κ2) is 9.41. The van der Waals surface area contributed by atoms with Crippen molar-refractivity contribution in [2.24, 2.45) is 0 Å². The number of rotatable bonds is 8. The number of ketones is 1. The monoisotopic (exact) mass is 374 g/mol. The van der Waals surface area contributed by atoms with Crippen LogP contribution < -0.4 is 10.6 Å². The zero-order valence-electron chi connectivity index (χ0n) is 15.7. The van der Waals surface area contributed by atoms with Gasteiger partial charge in [-0.3, -0.25) is 9.59 Å². The van der Waals surface area contributed by atoms with Crippen LogP contribution >= 0.6 is 0 Å². The van der Waals surface area contributed by atoms with Gasteiger partial charge < -0.3 is 10.6 Å². The molecule has 3 aromatic rings. The predicted molar refractivity (Wildman–Crippen MR) is 109 cm³/mol. The van der Waals surface area contributed by atoms with Crippen LogP contribution in [0.4, 0.5) is 11.5 Å². The SMILES string of the molecule is CC(=O)c1cccc(Nc2ccc(C(=O)NCCCc3ccccc3)nn2)c1. The minimum atomic E-state index is -0.245. The van der Waals surface area contributed by atoms with E-state index in [2.05, 4.69) is 33.0 Å². The molecule has 1 amide bonds. The Morgan fingerprint density at radius 2 is 1.75 bits per heavy atom. The number of carbonyl (C=O) groups is 2. The zero-order chi connectivity index (χ0) is 19.8. The molecule has 0 unspecified atom stereocenters. The van der Waals surface area contributed by atoms with Crippen molar-refractivity contribution in [1.29, 1.82) is 0 Å². The minimum Gasteiger partial charge on any atom is -0.351 e. The van der Waals surface area contributed by atoms with Gasteiger partial charge in [0.25, 0.3) is 5.91 Å². The summed E-state index contributed by atoms with van der Waals surface area (Å²) in [7, 11) is 0. The summed E-state index contributed by atoms with van der Waals surface area (Å²) in [5.74, 6) is 0.251. The van der Waals surface area contributed by atoms with Crippen molar-refractivity contribution in [3.05, 3.63) is 83.6 Å². The molecule has 0 spiro atoms. The Kier molecular flexibility index (Phi) is 6.46. The quantitative estimate of drug-likeness (QED) is 0.463. The summed E-state index contributed by atoms with van der Waals surface area (Å²) >= 11 is 0. The average molecular weight is 374 g/mol. The molecule has 0 saturated carbocycles. The first-order chi connectivity index (χ1) is 13.6. The number of aromatic nitrogens is 2. The third-order valence-electron chi connectivity index (χ3n) is 4.21. The van der Waals surface area contributed by atoms with Gasteiger partial charge in [0.1, 0.15) is 0 Å². The number of nitrogens with one attached hydrogen (secondary N) is 2. The summed E-state index contributed by atoms with van der Waals surface area (Å²) in [6.45, 7) is 2.10. The van der Waals surface area contributed by atoms with Crippen molar-refractivity contribution in [1.82, 2.24) is 15.5 Å². The van der Waals surface area contributed by atoms with Gasteiger partial charge in [0, 0.05) is 17.8 Å². The Morgan fingerprint density at radius 1 is 0.929 bits per heavy atom. The predicted octanol–water partition coefficient (Wildman–Crippen LogP) is 3.79. The number of benzene rings is 2. The first-order valence-corrected chi connectivity index (χ1v) is 9.16. The fourth-order valence-corrected chi connectivity index (χ4v) is 2.71. The molecule has 0 radical (unpaired) electrons. The van der Waals surface area contributed by atoms with Gasteiger partial charge in [0.2, 0.25) is 0 Å². The van der Waals surface area contributed by atoms with Gasteiger partial charge in [-0.05, 0) is 49.6 Å². The summed E-state index contributed by atoms with van der Waals surface area (Å²) in [6, 6.07) is 20.6. The minimum absolute atomic E-state index is 0.00554. The number of Topliss-reactive ketones (excluding diaryl/α,β-unsaturated/α-hetero) is 1. The summed E-state index contributed by atoms with van der Waals surface area (Å²) in [6.07, 6.45) is 1.77. The van der Waals surface area contributed by atoms with Crippen molar-refractivity contribution in [2.45, 2.75) is 19.8 Å². The maximum atomic E-state index is 12.2. The summed E-state index contributed by atoms with van der Waals surface area (Å²) in [4.78, 5) is 23.6. The van der Waals surface area contributed by atoms with E-state index in [4.69, 9.17) is 0 Å². The van der Waals surface area contributed by atoms with Crippen molar-refractivity contribution in [3.8, 4) is 0 Å². The van der Waals surface area contributed by atoms with Crippen molar-refractivity contribution < 1.29 is 9.59 Å². The topological polar surface area (TPSA) is 84.0 Å². The molecule has 0 fully saturated rings. The normalized spacial score (nSPS) is 10.3. The highest BCUT2D eigenvalue weighted by Crippen LogP contribution is 2.16. The second-order valence-corrected chi connectivity index (χ2v) is 6.41. The number of anilines is 2. The second-order valence-electron chi connectivity index (χ2n) is 6.41. The maximum Gasteiger partial charge on any atom is 0.271 e. The number of amides is 1. The van der Waals surface area contributed by atoms with Gasteiger partial charge in [-0.25, -0.2) is 0 Å². The van der Waals surface area contributed by atoms with Crippen LogP contribution in [0.2, 0.25) is 0 Å². The molecule has 142 valence electrons. The van der Waals surface area contributed by atoms with Crippen LogP contribution in [-0.2, 0) is 6.42 Å². The number of carbonyl (C=O) groups excluding carboxylic acids is 2. The van der Waals surface area contributed by atoms with E-state index in [0.29, 0.717) is 17.9 Å². The van der Waals surface area contributed by atoms with Crippen molar-refractivity contribution in [3.63, 3.8) is 0 Å². The molecule has 0 saturated heterocycles. The van der Waals surface area contributed by atoms with Crippen molar-refractivity contribution in [2.75, 3.05) is 11.9 Å². The summed E-state index contributed by atoms with van der Waals surface area (Å²) < 4.78 is 0. The molecule has 6 heteroatoms. The highest BCUT2D eigenvalue weighted by atomic mass is 16.2. The van der Waals surface area contributed by atoms with E-state index in [1.165, 1.54) is 12.5 Å². The van der Waals surface area contributed by atoms with Crippen LogP contribution in [0.1, 0.15) is 39.8 Å². The smallest absolute Gasteiger partial charge is 0.271 e. The third kappa shape index (κ3) is 5.48. The fourth-order valence-electron chi connectivity index (χ4n) is 2.71. The van der Waals surface area contributed by atoms with E-state index in [1.54, 1.807) is 30.3 Å². The standard InChI is InChI=1S/C22H22N4O2/c1-16(27)18-10-5-11-19(15-18)24-21-13-12-20(25-26-21)22(28)23-14-6-9-17-7-3-2-4-8-17/h2-5,7-8,10-13,15H,6,9,14H2,1H3,(H,23,28)(H,24,26). The van der Waals surface area contributed by atoms with Crippen LogP contribution in [-0.4, -0.2) is 28.4 Å². The number of aryl methyl sites for hydroxylation is 1. The molecule has 0 aliphatic carbocycles. The summed E-state index contributed by atoms with van der Waals surface area (Å²) in [5.41, 5.74) is 2.87. The van der Waals surface area contributed by atoms with Crippen molar-refractivity contribution >= 4 is 23.2 Å². The molecule has 1 heterocycles. The first-order valence-electron chi connectivity index (χ1n) is 9.16. The van der Waals surface area contributed by atoms with Gasteiger partial charge in [-0.1, -0.05) is 42.5 Å². The van der Waals surface area contributed by atoms with Crippen LogP contribution in [0, 0.1) is 0 Å². The molecule has 6 nitrogen and oxygen atoms in total. The highest BCUT2D eigenvalue weighted by molar-refractivity contribution is 5.95. The zero-order valence-corrected chi connectivity index (χ0v) is 15.7. The van der Waals surface area contributed by atoms with Gasteiger partial charge in [-0.2, -0.15) is 0 Å². The lowest BCUT2D eigenvalue weighted by Crippen LogP contribution is -2.26. The van der Waals surface area contributed by atoms with E-state index in [1.807, 2.05) is 24.3 Å². The molecular weight excluding hydrogens is 352 g/mol. The van der Waals surface area contributed by atoms with Gasteiger partial charge >= 0.3 is 0 Å². The molecule has 28 heavy (non-hydrogen) atoms. The van der Waals surface area contributed by atoms with Gasteiger partial charge in [-0.15, -0.1) is 10.2 Å². The lowest BCUT2D eigenvalue weighted by Gasteiger charge is -2.07. The largest absolute Gasteiger partial charge is 0.351 e. The summed E-state index contributed by atoms with van der Waals surface area (Å²) in [5, 5.41) is 14.0. The Hall–Kier alpha value is -3.54. The fraction of sp³-hybridized carbons (Fsp3) is 0.182. The Morgan fingerprint density at radius 3 is 2.46 bits per heavy atom. The molecule has 0 bridgehead atoms. The first kappa shape index (κ1) is 19.2. The molecule has 2 N–H and O–H groups in total. The third-order valence-corrected chi connectivity index (χ3v) is 4.21. The van der Waals surface area contributed by atoms with Crippen LogP contribution in [0.3, 0.4) is 0 Å². The molecule has 0 aliphatic heterocycles. The lowest BCUT2D eigenvalue weighted by molar-refractivity contribution is 0.0946. The number of nitrogens with zero attached hydrogens (tertiary/aromatic N) is 2. The van der Waals surface area contributed by atoms with Crippen LogP contribution in [0.15, 0.2) is 66.7 Å².